The molecule has 0 saturated carbocycles. The summed E-state index contributed by atoms with van der Waals surface area (Å²) in [6.45, 7) is 8.36. The van der Waals surface area contributed by atoms with Crippen LogP contribution >= 0.6 is 0 Å². The van der Waals surface area contributed by atoms with Gasteiger partial charge in [-0.05, 0) is 74.2 Å². The van der Waals surface area contributed by atoms with Crippen molar-refractivity contribution in [3.05, 3.63) is 71.2 Å². The predicted octanol–water partition coefficient (Wildman–Crippen LogP) is 5.04. The number of rotatable bonds is 2. The highest BCUT2D eigenvalue weighted by Gasteiger charge is 2.09. The molecule has 0 atom stereocenters. The van der Waals surface area contributed by atoms with E-state index >= 15 is 0 Å². The highest BCUT2D eigenvalue weighted by atomic mass is 14.7. The van der Waals surface area contributed by atoms with Gasteiger partial charge in [0.15, 0.2) is 0 Å². The van der Waals surface area contributed by atoms with Crippen molar-refractivity contribution < 1.29 is 0 Å². The number of nitrogens with zero attached hydrogens (tertiary/aromatic N) is 2. The minimum absolute atomic E-state index is 0.977. The maximum absolute atomic E-state index is 4.55. The summed E-state index contributed by atoms with van der Waals surface area (Å²) in [5.41, 5.74) is 9.21. The highest BCUT2D eigenvalue weighted by molar-refractivity contribution is 5.75. The molecule has 3 aromatic rings. The van der Waals surface area contributed by atoms with E-state index in [2.05, 4.69) is 60.2 Å². The summed E-state index contributed by atoms with van der Waals surface area (Å²) in [6, 6.07) is 14.8. The number of aromatic nitrogens is 2. The molecule has 0 radical (unpaired) electrons. The molecule has 0 aliphatic rings. The van der Waals surface area contributed by atoms with E-state index < -0.39 is 0 Å². The number of benzene rings is 1. The predicted molar refractivity (Wildman–Crippen MR) is 91.9 cm³/mol. The fraction of sp³-hybridized carbons (Fsp3) is 0.200. The molecular weight excluding hydrogens is 268 g/mol. The fourth-order valence-corrected chi connectivity index (χ4v) is 2.96. The number of hydrogen-bond acceptors (Lipinski definition) is 2. The quantitative estimate of drug-likeness (QED) is 0.660. The third-order valence-electron chi connectivity index (χ3n) is 4.03. The smallest absolute Gasteiger partial charge is 0.0726 e. The summed E-state index contributed by atoms with van der Waals surface area (Å²) in [5.74, 6) is 0. The lowest BCUT2D eigenvalue weighted by molar-refractivity contribution is 1.12. The SMILES string of the molecule is Cc1ccc(-c2cc(-c3c(C)cccc3C)ccn2)c(C)n1. The van der Waals surface area contributed by atoms with Crippen molar-refractivity contribution in [3.8, 4) is 22.4 Å². The van der Waals surface area contributed by atoms with E-state index in [1.54, 1.807) is 0 Å². The van der Waals surface area contributed by atoms with Gasteiger partial charge in [0.05, 0.1) is 5.69 Å². The fourth-order valence-electron chi connectivity index (χ4n) is 2.96. The van der Waals surface area contributed by atoms with Crippen molar-refractivity contribution in [3.63, 3.8) is 0 Å². The lowest BCUT2D eigenvalue weighted by Gasteiger charge is -2.12. The van der Waals surface area contributed by atoms with Crippen molar-refractivity contribution in [1.29, 1.82) is 0 Å². The van der Waals surface area contributed by atoms with Crippen LogP contribution in [-0.2, 0) is 0 Å². The van der Waals surface area contributed by atoms with E-state index in [1.165, 1.54) is 22.3 Å². The van der Waals surface area contributed by atoms with E-state index in [1.807, 2.05) is 26.1 Å². The third-order valence-corrected chi connectivity index (χ3v) is 4.03. The van der Waals surface area contributed by atoms with Gasteiger partial charge in [-0.1, -0.05) is 18.2 Å². The van der Waals surface area contributed by atoms with Gasteiger partial charge in [0.1, 0.15) is 0 Å². The Morgan fingerprint density at radius 2 is 1.55 bits per heavy atom. The molecule has 0 spiro atoms. The summed E-state index contributed by atoms with van der Waals surface area (Å²) in [7, 11) is 0. The number of pyridine rings is 2. The Morgan fingerprint density at radius 3 is 2.23 bits per heavy atom. The monoisotopic (exact) mass is 288 g/mol. The summed E-state index contributed by atoms with van der Waals surface area (Å²) < 4.78 is 0. The van der Waals surface area contributed by atoms with Crippen LogP contribution in [0.25, 0.3) is 22.4 Å². The molecule has 3 rings (SSSR count). The van der Waals surface area contributed by atoms with Gasteiger partial charge in [-0.15, -0.1) is 0 Å². The molecule has 0 aliphatic carbocycles. The standard InChI is InChI=1S/C20H20N2/c1-13-6-5-7-14(2)20(13)17-10-11-21-19(12-17)18-9-8-15(3)22-16(18)4/h5-12H,1-4H3. The zero-order chi connectivity index (χ0) is 15.7. The number of aryl methyl sites for hydroxylation is 4. The Hall–Kier alpha value is -2.48. The van der Waals surface area contributed by atoms with Crippen LogP contribution in [0.4, 0.5) is 0 Å². The second-order valence-electron chi connectivity index (χ2n) is 5.78. The average Bonchev–Trinajstić information content (AvgIpc) is 2.47. The molecule has 2 heteroatoms. The van der Waals surface area contributed by atoms with E-state index in [-0.39, 0.29) is 0 Å². The van der Waals surface area contributed by atoms with Crippen molar-refractivity contribution in [2.45, 2.75) is 27.7 Å². The molecular formula is C20H20N2. The van der Waals surface area contributed by atoms with Crippen molar-refractivity contribution in [2.75, 3.05) is 0 Å². The van der Waals surface area contributed by atoms with E-state index in [0.717, 1.165) is 22.6 Å². The summed E-state index contributed by atoms with van der Waals surface area (Å²) >= 11 is 0. The molecule has 2 nitrogen and oxygen atoms in total. The number of hydrogen-bond donors (Lipinski definition) is 0. The summed E-state index contributed by atoms with van der Waals surface area (Å²) in [5, 5.41) is 0. The topological polar surface area (TPSA) is 25.8 Å². The van der Waals surface area contributed by atoms with Crippen LogP contribution in [0.1, 0.15) is 22.5 Å². The molecule has 110 valence electrons. The largest absolute Gasteiger partial charge is 0.258 e. The van der Waals surface area contributed by atoms with Crippen LogP contribution in [0.2, 0.25) is 0 Å². The van der Waals surface area contributed by atoms with Crippen LogP contribution in [-0.4, -0.2) is 9.97 Å². The van der Waals surface area contributed by atoms with Crippen LogP contribution in [0.3, 0.4) is 0 Å². The van der Waals surface area contributed by atoms with E-state index in [9.17, 15) is 0 Å². The van der Waals surface area contributed by atoms with Gasteiger partial charge >= 0.3 is 0 Å². The van der Waals surface area contributed by atoms with Crippen molar-refractivity contribution >= 4 is 0 Å². The first kappa shape index (κ1) is 14.5. The maximum atomic E-state index is 4.55. The molecule has 0 bridgehead atoms. The first-order valence-corrected chi connectivity index (χ1v) is 7.53. The Labute approximate surface area is 131 Å². The van der Waals surface area contributed by atoms with E-state index in [4.69, 9.17) is 0 Å². The van der Waals surface area contributed by atoms with E-state index in [0.29, 0.717) is 0 Å². The van der Waals surface area contributed by atoms with Gasteiger partial charge in [-0.2, -0.15) is 0 Å². The molecule has 1 aromatic carbocycles. The first-order chi connectivity index (χ1) is 10.6. The Balaban J connectivity index is 2.14. The molecule has 2 heterocycles. The highest BCUT2D eigenvalue weighted by Crippen LogP contribution is 2.30. The molecule has 0 amide bonds. The Bertz CT molecular complexity index is 815. The van der Waals surface area contributed by atoms with Crippen LogP contribution in [0, 0.1) is 27.7 Å². The minimum atomic E-state index is 0.977. The van der Waals surface area contributed by atoms with Gasteiger partial charge in [0.25, 0.3) is 0 Å². The van der Waals surface area contributed by atoms with Crippen molar-refractivity contribution in [2.24, 2.45) is 0 Å². The van der Waals surface area contributed by atoms with Gasteiger partial charge in [-0.3, -0.25) is 9.97 Å². The lowest BCUT2D eigenvalue weighted by atomic mass is 9.95. The molecule has 0 saturated heterocycles. The zero-order valence-electron chi connectivity index (χ0n) is 13.5. The minimum Gasteiger partial charge on any atom is -0.258 e. The van der Waals surface area contributed by atoms with Gasteiger partial charge in [-0.25, -0.2) is 0 Å². The Kier molecular flexibility index (Phi) is 3.76. The Morgan fingerprint density at radius 1 is 0.818 bits per heavy atom. The summed E-state index contributed by atoms with van der Waals surface area (Å²) in [6.07, 6.45) is 1.88. The van der Waals surface area contributed by atoms with Gasteiger partial charge in [0.2, 0.25) is 0 Å². The normalized spacial score (nSPS) is 10.7. The average molecular weight is 288 g/mol. The summed E-state index contributed by atoms with van der Waals surface area (Å²) in [4.78, 5) is 9.09. The van der Waals surface area contributed by atoms with Gasteiger partial charge in [0, 0.05) is 23.1 Å². The molecule has 0 N–H and O–H groups in total. The molecule has 0 aliphatic heterocycles. The van der Waals surface area contributed by atoms with Gasteiger partial charge < -0.3 is 0 Å². The van der Waals surface area contributed by atoms with Crippen LogP contribution in [0.5, 0.6) is 0 Å². The molecule has 0 unspecified atom stereocenters. The van der Waals surface area contributed by atoms with Crippen LogP contribution in [0.15, 0.2) is 48.7 Å². The third kappa shape index (κ3) is 2.64. The van der Waals surface area contributed by atoms with Crippen molar-refractivity contribution in [1.82, 2.24) is 9.97 Å². The molecule has 0 fully saturated rings. The molecule has 22 heavy (non-hydrogen) atoms. The van der Waals surface area contributed by atoms with Crippen LogP contribution < -0.4 is 0 Å². The second-order valence-corrected chi connectivity index (χ2v) is 5.78. The lowest BCUT2D eigenvalue weighted by Crippen LogP contribution is -1.94. The zero-order valence-corrected chi connectivity index (χ0v) is 13.5. The first-order valence-electron chi connectivity index (χ1n) is 7.53. The second kappa shape index (κ2) is 5.72. The molecule has 2 aromatic heterocycles. The maximum Gasteiger partial charge on any atom is 0.0726 e.